The molecule has 3 aromatic rings. The molecule has 4 nitrogen and oxygen atoms in total. The summed E-state index contributed by atoms with van der Waals surface area (Å²) in [7, 11) is 3.26. The summed E-state index contributed by atoms with van der Waals surface area (Å²) in [6.07, 6.45) is 0. The van der Waals surface area contributed by atoms with E-state index < -0.39 is 0 Å². The first-order valence-corrected chi connectivity index (χ1v) is 8.30. The van der Waals surface area contributed by atoms with Crippen molar-refractivity contribution in [3.05, 3.63) is 58.6 Å². The quantitative estimate of drug-likeness (QED) is 0.683. The molecule has 0 aromatic heterocycles. The van der Waals surface area contributed by atoms with Gasteiger partial charge >= 0.3 is 0 Å². The molecule has 1 aliphatic heterocycles. The summed E-state index contributed by atoms with van der Waals surface area (Å²) in [5, 5.41) is 5.72. The van der Waals surface area contributed by atoms with Crippen LogP contribution in [-0.2, 0) is 0 Å². The molecule has 0 bridgehead atoms. The van der Waals surface area contributed by atoms with Gasteiger partial charge in [0.15, 0.2) is 11.5 Å². The van der Waals surface area contributed by atoms with Crippen molar-refractivity contribution in [2.45, 2.75) is 0 Å². The first kappa shape index (κ1) is 15.0. The van der Waals surface area contributed by atoms with Gasteiger partial charge in [0.05, 0.1) is 25.5 Å². The van der Waals surface area contributed by atoms with E-state index in [1.54, 1.807) is 14.2 Å². The predicted molar refractivity (Wildman–Crippen MR) is 101 cm³/mol. The number of rotatable bonds is 3. The topological polar surface area (TPSA) is 42.8 Å². The van der Waals surface area contributed by atoms with Gasteiger partial charge in [0.2, 0.25) is 0 Å². The van der Waals surface area contributed by atoms with Gasteiger partial charge in [-0.25, -0.2) is 4.99 Å². The third-order valence-corrected chi connectivity index (χ3v) is 4.52. The van der Waals surface area contributed by atoms with Crippen LogP contribution in [0.2, 0.25) is 0 Å². The SMILES string of the molecule is COc1cc(Br)cc(C2=Nc3cccc4cccc(c34)N2)c1OC. The Morgan fingerprint density at radius 3 is 2.54 bits per heavy atom. The summed E-state index contributed by atoms with van der Waals surface area (Å²) in [5.41, 5.74) is 2.82. The van der Waals surface area contributed by atoms with Crippen LogP contribution in [0.3, 0.4) is 0 Å². The van der Waals surface area contributed by atoms with Crippen LogP contribution in [-0.4, -0.2) is 20.1 Å². The van der Waals surface area contributed by atoms with Crippen molar-refractivity contribution in [3.63, 3.8) is 0 Å². The van der Waals surface area contributed by atoms with Crippen LogP contribution < -0.4 is 14.8 Å². The Hall–Kier alpha value is -2.53. The molecular formula is C19H15BrN2O2. The second-order valence-corrected chi connectivity index (χ2v) is 6.37. The van der Waals surface area contributed by atoms with Crippen molar-refractivity contribution in [3.8, 4) is 11.5 Å². The molecule has 5 heteroatoms. The van der Waals surface area contributed by atoms with Crippen molar-refractivity contribution < 1.29 is 9.47 Å². The summed E-state index contributed by atoms with van der Waals surface area (Å²) in [6.45, 7) is 0. The lowest BCUT2D eigenvalue weighted by molar-refractivity contribution is 0.354. The minimum absolute atomic E-state index is 0.651. The fourth-order valence-corrected chi connectivity index (χ4v) is 3.47. The van der Waals surface area contributed by atoms with Crippen LogP contribution >= 0.6 is 15.9 Å². The third-order valence-electron chi connectivity index (χ3n) is 4.07. The third kappa shape index (κ3) is 2.32. The summed E-state index contributed by atoms with van der Waals surface area (Å²) >= 11 is 3.53. The number of benzene rings is 3. The van der Waals surface area contributed by atoms with E-state index >= 15 is 0 Å². The van der Waals surface area contributed by atoms with Crippen LogP contribution in [0.15, 0.2) is 58.0 Å². The highest BCUT2D eigenvalue weighted by Crippen LogP contribution is 2.40. The van der Waals surface area contributed by atoms with Gasteiger partial charge in [-0.3, -0.25) is 0 Å². The van der Waals surface area contributed by atoms with Crippen molar-refractivity contribution in [1.29, 1.82) is 0 Å². The van der Waals surface area contributed by atoms with Crippen molar-refractivity contribution in [2.24, 2.45) is 4.99 Å². The molecule has 3 aromatic carbocycles. The number of anilines is 1. The molecule has 1 heterocycles. The molecule has 0 unspecified atom stereocenters. The number of ether oxygens (including phenoxy) is 2. The second kappa shape index (κ2) is 5.83. The number of hydrogen-bond donors (Lipinski definition) is 1. The Bertz CT molecular complexity index is 977. The molecule has 0 fully saturated rings. The lowest BCUT2D eigenvalue weighted by atomic mass is 10.0. The number of nitrogens with one attached hydrogen (secondary N) is 1. The van der Waals surface area contributed by atoms with E-state index in [9.17, 15) is 0 Å². The zero-order valence-corrected chi connectivity index (χ0v) is 14.8. The molecule has 0 saturated heterocycles. The van der Waals surface area contributed by atoms with Gasteiger partial charge in [0.1, 0.15) is 5.84 Å². The van der Waals surface area contributed by atoms with Crippen LogP contribution in [0.25, 0.3) is 10.8 Å². The zero-order chi connectivity index (χ0) is 16.7. The number of amidine groups is 1. The molecule has 0 aliphatic carbocycles. The smallest absolute Gasteiger partial charge is 0.171 e. The fraction of sp³-hybridized carbons (Fsp3) is 0.105. The van der Waals surface area contributed by atoms with Gasteiger partial charge in [0.25, 0.3) is 0 Å². The van der Waals surface area contributed by atoms with E-state index in [1.807, 2.05) is 30.3 Å². The lowest BCUT2D eigenvalue weighted by Gasteiger charge is -2.21. The molecule has 120 valence electrons. The first-order valence-electron chi connectivity index (χ1n) is 7.50. The molecule has 4 rings (SSSR count). The Balaban J connectivity index is 1.95. The normalized spacial score (nSPS) is 12.5. The van der Waals surface area contributed by atoms with E-state index in [4.69, 9.17) is 14.5 Å². The summed E-state index contributed by atoms with van der Waals surface area (Å²) in [6, 6.07) is 16.2. The van der Waals surface area contributed by atoms with Crippen LogP contribution in [0.1, 0.15) is 5.56 Å². The van der Waals surface area contributed by atoms with Crippen molar-refractivity contribution in [1.82, 2.24) is 0 Å². The van der Waals surface area contributed by atoms with E-state index in [0.29, 0.717) is 11.5 Å². The molecule has 24 heavy (non-hydrogen) atoms. The average Bonchev–Trinajstić information content (AvgIpc) is 2.61. The Kier molecular flexibility index (Phi) is 3.65. The monoisotopic (exact) mass is 382 g/mol. The van der Waals surface area contributed by atoms with Crippen LogP contribution in [0.5, 0.6) is 11.5 Å². The largest absolute Gasteiger partial charge is 0.493 e. The van der Waals surface area contributed by atoms with Gasteiger partial charge in [-0.1, -0.05) is 40.2 Å². The second-order valence-electron chi connectivity index (χ2n) is 5.46. The van der Waals surface area contributed by atoms with Gasteiger partial charge in [-0.15, -0.1) is 0 Å². The maximum Gasteiger partial charge on any atom is 0.171 e. The van der Waals surface area contributed by atoms with Gasteiger partial charge in [-0.05, 0) is 29.7 Å². The van der Waals surface area contributed by atoms with Gasteiger partial charge in [-0.2, -0.15) is 0 Å². The highest BCUT2D eigenvalue weighted by molar-refractivity contribution is 9.10. The van der Waals surface area contributed by atoms with E-state index in [-0.39, 0.29) is 0 Å². The fourth-order valence-electron chi connectivity index (χ4n) is 3.03. The van der Waals surface area contributed by atoms with E-state index in [2.05, 4.69) is 39.4 Å². The molecule has 0 radical (unpaired) electrons. The standard InChI is InChI=1S/C19H15BrN2O2/c1-23-16-10-12(20)9-13(18(16)24-2)19-21-14-7-3-5-11-6-4-8-15(22-19)17(11)14/h3-10H,1-2H3,(H,21,22). The Labute approximate surface area is 148 Å². The van der Waals surface area contributed by atoms with E-state index in [1.165, 1.54) is 5.39 Å². The zero-order valence-electron chi connectivity index (χ0n) is 13.3. The van der Waals surface area contributed by atoms with Gasteiger partial charge in [0, 0.05) is 15.5 Å². The van der Waals surface area contributed by atoms with Crippen molar-refractivity contribution >= 4 is 43.9 Å². The predicted octanol–water partition coefficient (Wildman–Crippen LogP) is 5.12. The summed E-state index contributed by atoms with van der Waals surface area (Å²) in [5.74, 6) is 2.04. The average molecular weight is 383 g/mol. The molecule has 1 N–H and O–H groups in total. The number of hydrogen-bond acceptors (Lipinski definition) is 4. The minimum atomic E-state index is 0.651. The van der Waals surface area contributed by atoms with Crippen molar-refractivity contribution in [2.75, 3.05) is 19.5 Å². The summed E-state index contributed by atoms with van der Waals surface area (Å²) in [4.78, 5) is 4.81. The number of nitrogens with zero attached hydrogens (tertiary/aromatic N) is 1. The van der Waals surface area contributed by atoms with Crippen LogP contribution in [0, 0.1) is 0 Å². The summed E-state index contributed by atoms with van der Waals surface area (Å²) < 4.78 is 11.9. The molecule has 0 spiro atoms. The molecule has 0 atom stereocenters. The minimum Gasteiger partial charge on any atom is -0.493 e. The lowest BCUT2D eigenvalue weighted by Crippen LogP contribution is -2.17. The maximum atomic E-state index is 5.57. The molecular weight excluding hydrogens is 368 g/mol. The van der Waals surface area contributed by atoms with Gasteiger partial charge < -0.3 is 14.8 Å². The highest BCUT2D eigenvalue weighted by atomic mass is 79.9. The number of methoxy groups -OCH3 is 2. The number of halogens is 1. The maximum absolute atomic E-state index is 5.57. The number of aliphatic imine (C=N–C) groups is 1. The Morgan fingerprint density at radius 2 is 1.79 bits per heavy atom. The molecule has 1 aliphatic rings. The highest BCUT2D eigenvalue weighted by Gasteiger charge is 2.21. The molecule has 0 amide bonds. The van der Waals surface area contributed by atoms with Crippen LogP contribution in [0.4, 0.5) is 11.4 Å². The Morgan fingerprint density at radius 1 is 1.00 bits per heavy atom. The molecule has 0 saturated carbocycles. The van der Waals surface area contributed by atoms with E-state index in [0.717, 1.165) is 32.6 Å². The first-order chi connectivity index (χ1) is 11.7.